The molecule has 15 heavy (non-hydrogen) atoms. The van der Waals surface area contributed by atoms with Crippen molar-refractivity contribution < 1.29 is 17.3 Å². The van der Waals surface area contributed by atoms with Crippen molar-refractivity contribution in [2.24, 2.45) is 0 Å². The highest BCUT2D eigenvalue weighted by atomic mass is 19.5. The number of hydrogen-bond acceptors (Lipinski definition) is 1. The summed E-state index contributed by atoms with van der Waals surface area (Å²) in [5.74, 6) is 0. The van der Waals surface area contributed by atoms with Gasteiger partial charge in [-0.3, -0.25) is 0 Å². The first kappa shape index (κ1) is 14.0. The van der Waals surface area contributed by atoms with E-state index < -0.39 is 7.25 Å². The summed E-state index contributed by atoms with van der Waals surface area (Å²) in [6, 6.07) is 0.604. The van der Waals surface area contributed by atoms with Crippen LogP contribution in [-0.2, 0) is 0 Å². The lowest BCUT2D eigenvalue weighted by molar-refractivity contribution is 0.368. The summed E-state index contributed by atoms with van der Waals surface area (Å²) in [5.41, 5.74) is 0. The van der Waals surface area contributed by atoms with E-state index in [1.165, 1.54) is 12.8 Å². The van der Waals surface area contributed by atoms with E-state index in [1.807, 2.05) is 18.7 Å². The SMILES string of the molecule is CCCC(C)n1ccnc1.F[B-](F)(F)F. The lowest BCUT2D eigenvalue weighted by Crippen LogP contribution is -2.02. The minimum absolute atomic E-state index is 0.604. The topological polar surface area (TPSA) is 17.8 Å². The zero-order valence-electron chi connectivity index (χ0n) is 8.71. The molecule has 0 fully saturated rings. The molecular formula is C8H14BF4N2-. The van der Waals surface area contributed by atoms with E-state index >= 15 is 0 Å². The summed E-state index contributed by atoms with van der Waals surface area (Å²) in [4.78, 5) is 3.99. The molecule has 0 spiro atoms. The van der Waals surface area contributed by atoms with Crippen molar-refractivity contribution in [1.29, 1.82) is 0 Å². The zero-order chi connectivity index (χ0) is 11.9. The highest BCUT2D eigenvalue weighted by molar-refractivity contribution is 6.50. The maximum atomic E-state index is 9.75. The molecule has 0 N–H and O–H groups in total. The third-order valence-electron chi connectivity index (χ3n) is 1.74. The van der Waals surface area contributed by atoms with Crippen molar-refractivity contribution in [3.05, 3.63) is 18.7 Å². The van der Waals surface area contributed by atoms with Gasteiger partial charge in [0.25, 0.3) is 0 Å². The first-order chi connectivity index (χ1) is 6.84. The van der Waals surface area contributed by atoms with Crippen LogP contribution in [0.3, 0.4) is 0 Å². The van der Waals surface area contributed by atoms with Gasteiger partial charge in [0, 0.05) is 18.4 Å². The fourth-order valence-electron chi connectivity index (χ4n) is 1.10. The molecule has 0 aliphatic carbocycles. The normalized spacial score (nSPS) is 12.9. The molecule has 7 heteroatoms. The molecule has 1 aromatic rings. The van der Waals surface area contributed by atoms with Crippen LogP contribution >= 0.6 is 0 Å². The van der Waals surface area contributed by atoms with Crippen LogP contribution in [0.2, 0.25) is 0 Å². The molecule has 88 valence electrons. The van der Waals surface area contributed by atoms with E-state index in [0.29, 0.717) is 6.04 Å². The van der Waals surface area contributed by atoms with E-state index in [1.54, 1.807) is 0 Å². The second-order valence-electron chi connectivity index (χ2n) is 3.14. The molecule has 1 aromatic heterocycles. The zero-order valence-corrected chi connectivity index (χ0v) is 8.71. The monoisotopic (exact) mass is 225 g/mol. The Bertz CT molecular complexity index is 242. The van der Waals surface area contributed by atoms with Gasteiger partial charge in [-0.25, -0.2) is 4.98 Å². The van der Waals surface area contributed by atoms with Crippen molar-refractivity contribution in [2.45, 2.75) is 32.7 Å². The van der Waals surface area contributed by atoms with Crippen LogP contribution < -0.4 is 0 Å². The molecule has 2 nitrogen and oxygen atoms in total. The molecule has 0 bridgehead atoms. The van der Waals surface area contributed by atoms with Crippen LogP contribution in [0.5, 0.6) is 0 Å². The Balaban J connectivity index is 0.000000336. The molecule has 0 saturated carbocycles. The maximum absolute atomic E-state index is 9.75. The van der Waals surface area contributed by atoms with Crippen molar-refractivity contribution >= 4 is 7.25 Å². The Morgan fingerprint density at radius 1 is 1.33 bits per heavy atom. The van der Waals surface area contributed by atoms with Crippen LogP contribution in [-0.4, -0.2) is 16.8 Å². The average Bonchev–Trinajstić information content (AvgIpc) is 2.52. The predicted molar refractivity (Wildman–Crippen MR) is 52.0 cm³/mol. The Kier molecular flexibility index (Phi) is 6.04. The maximum Gasteiger partial charge on any atom is 0.673 e. The first-order valence-electron chi connectivity index (χ1n) is 4.69. The summed E-state index contributed by atoms with van der Waals surface area (Å²) in [7, 11) is -6.00. The van der Waals surface area contributed by atoms with E-state index in [4.69, 9.17) is 0 Å². The highest BCUT2D eigenvalue weighted by Crippen LogP contribution is 2.10. The number of imidazole rings is 1. The van der Waals surface area contributed by atoms with E-state index in [-0.39, 0.29) is 0 Å². The Morgan fingerprint density at radius 3 is 2.20 bits per heavy atom. The first-order valence-corrected chi connectivity index (χ1v) is 4.69. The Hall–Kier alpha value is -1.01. The molecule has 0 amide bonds. The van der Waals surface area contributed by atoms with Gasteiger partial charge in [-0.15, -0.1) is 0 Å². The fourth-order valence-corrected chi connectivity index (χ4v) is 1.10. The number of nitrogens with zero attached hydrogens (tertiary/aromatic N) is 2. The molecule has 1 rings (SSSR count). The van der Waals surface area contributed by atoms with E-state index in [9.17, 15) is 17.3 Å². The molecule has 0 saturated heterocycles. The number of halogens is 4. The summed E-state index contributed by atoms with van der Waals surface area (Å²) >= 11 is 0. The summed E-state index contributed by atoms with van der Waals surface area (Å²) in [6.45, 7) is 4.42. The summed E-state index contributed by atoms with van der Waals surface area (Å²) in [6.07, 6.45) is 8.18. The van der Waals surface area contributed by atoms with Crippen LogP contribution in [0, 0.1) is 0 Å². The second kappa shape index (κ2) is 6.47. The van der Waals surface area contributed by atoms with Crippen molar-refractivity contribution in [3.8, 4) is 0 Å². The lowest BCUT2D eigenvalue weighted by Gasteiger charge is -2.10. The van der Waals surface area contributed by atoms with Crippen molar-refractivity contribution in [3.63, 3.8) is 0 Å². The fraction of sp³-hybridized carbons (Fsp3) is 0.625. The summed E-state index contributed by atoms with van der Waals surface area (Å²) in [5, 5.41) is 0. The highest BCUT2D eigenvalue weighted by Gasteiger charge is 2.20. The van der Waals surface area contributed by atoms with Crippen molar-refractivity contribution in [1.82, 2.24) is 9.55 Å². The van der Waals surface area contributed by atoms with Gasteiger partial charge in [-0.05, 0) is 13.3 Å². The molecule has 0 radical (unpaired) electrons. The van der Waals surface area contributed by atoms with Crippen LogP contribution in [0.25, 0.3) is 0 Å². The standard InChI is InChI=1S/C8H14N2.BF4/c1-3-4-8(2)10-6-5-9-7-10;2-1(3,4)5/h5-8H,3-4H2,1-2H3;/q;-1. The third kappa shape index (κ3) is 9.30. The minimum atomic E-state index is -6.00. The molecular weight excluding hydrogens is 211 g/mol. The van der Waals surface area contributed by atoms with Gasteiger partial charge in [0.05, 0.1) is 6.33 Å². The molecule has 0 aromatic carbocycles. The largest absolute Gasteiger partial charge is 0.673 e. The Morgan fingerprint density at radius 2 is 1.87 bits per heavy atom. The summed E-state index contributed by atoms with van der Waals surface area (Å²) < 4.78 is 41.1. The van der Waals surface area contributed by atoms with Gasteiger partial charge < -0.3 is 21.8 Å². The average molecular weight is 225 g/mol. The van der Waals surface area contributed by atoms with E-state index in [0.717, 1.165) is 0 Å². The quantitative estimate of drug-likeness (QED) is 0.568. The van der Waals surface area contributed by atoms with E-state index in [2.05, 4.69) is 23.4 Å². The lowest BCUT2D eigenvalue weighted by atomic mass is 10.2. The van der Waals surface area contributed by atoms with Crippen molar-refractivity contribution in [2.75, 3.05) is 0 Å². The molecule has 0 aliphatic rings. The molecule has 0 aliphatic heterocycles. The number of rotatable bonds is 3. The molecule has 1 heterocycles. The second-order valence-corrected chi connectivity index (χ2v) is 3.14. The number of hydrogen-bond donors (Lipinski definition) is 0. The minimum Gasteiger partial charge on any atom is -0.418 e. The van der Waals surface area contributed by atoms with Gasteiger partial charge in [0.2, 0.25) is 0 Å². The predicted octanol–water partition coefficient (Wildman–Crippen LogP) is 3.54. The molecule has 1 unspecified atom stereocenters. The van der Waals surface area contributed by atoms with Gasteiger partial charge in [0.1, 0.15) is 0 Å². The van der Waals surface area contributed by atoms with Crippen LogP contribution in [0.15, 0.2) is 18.7 Å². The van der Waals surface area contributed by atoms with Crippen LogP contribution in [0.4, 0.5) is 17.3 Å². The van der Waals surface area contributed by atoms with Gasteiger partial charge in [0.15, 0.2) is 0 Å². The van der Waals surface area contributed by atoms with Gasteiger partial charge in [-0.1, -0.05) is 13.3 Å². The number of aromatic nitrogens is 2. The third-order valence-corrected chi connectivity index (χ3v) is 1.74. The van der Waals surface area contributed by atoms with Gasteiger partial charge >= 0.3 is 7.25 Å². The smallest absolute Gasteiger partial charge is 0.418 e. The van der Waals surface area contributed by atoms with Gasteiger partial charge in [-0.2, -0.15) is 0 Å². The Labute approximate surface area is 86.4 Å². The van der Waals surface area contributed by atoms with Crippen LogP contribution in [0.1, 0.15) is 32.7 Å². The molecule has 1 atom stereocenters.